The van der Waals surface area contributed by atoms with Crippen LogP contribution in [-0.2, 0) is 19.1 Å². The lowest BCUT2D eigenvalue weighted by Crippen LogP contribution is -2.43. The lowest BCUT2D eigenvalue weighted by atomic mass is 9.72. The number of amides is 1. The van der Waals surface area contributed by atoms with Gasteiger partial charge in [-0.05, 0) is 32.4 Å². The molecular formula is C18H29NO5S3. The summed E-state index contributed by atoms with van der Waals surface area (Å²) < 4.78 is 6.16. The van der Waals surface area contributed by atoms with Gasteiger partial charge in [-0.1, -0.05) is 26.1 Å². The van der Waals surface area contributed by atoms with Gasteiger partial charge in [0.1, 0.15) is 10.1 Å². The van der Waals surface area contributed by atoms with Gasteiger partial charge in [0.2, 0.25) is 5.91 Å². The molecule has 0 bridgehead atoms. The molecule has 3 atom stereocenters. The van der Waals surface area contributed by atoms with Crippen LogP contribution in [0, 0.1) is 17.3 Å². The summed E-state index contributed by atoms with van der Waals surface area (Å²) >= 11 is 8.07. The fourth-order valence-electron chi connectivity index (χ4n) is 3.01. The van der Waals surface area contributed by atoms with Crippen LogP contribution in [0.4, 0.5) is 0 Å². The lowest BCUT2D eigenvalue weighted by Gasteiger charge is -2.35. The molecule has 0 aromatic carbocycles. The van der Waals surface area contributed by atoms with E-state index in [1.165, 1.54) is 23.5 Å². The molecule has 0 spiro atoms. The summed E-state index contributed by atoms with van der Waals surface area (Å²) in [5.41, 5.74) is -1.09. The van der Waals surface area contributed by atoms with E-state index in [0.717, 1.165) is 6.42 Å². The van der Waals surface area contributed by atoms with Crippen molar-refractivity contribution < 1.29 is 24.2 Å². The highest BCUT2D eigenvalue weighted by Gasteiger charge is 2.44. The normalized spacial score (nSPS) is 18.1. The monoisotopic (exact) mass is 435 g/mol. The molecule has 6 nitrogen and oxygen atoms in total. The second-order valence-corrected chi connectivity index (χ2v) is 10.7. The summed E-state index contributed by atoms with van der Waals surface area (Å²) in [5, 5.41) is 9.35. The minimum absolute atomic E-state index is 0.0808. The van der Waals surface area contributed by atoms with Gasteiger partial charge in [0.15, 0.2) is 0 Å². The number of hydrogen-bond donors (Lipinski definition) is 1. The molecule has 1 aliphatic rings. The van der Waals surface area contributed by atoms with Crippen molar-refractivity contribution >= 4 is 57.1 Å². The van der Waals surface area contributed by atoms with Crippen LogP contribution < -0.4 is 0 Å². The van der Waals surface area contributed by atoms with Gasteiger partial charge < -0.3 is 14.7 Å². The Kier molecular flexibility index (Phi) is 9.57. The van der Waals surface area contributed by atoms with Crippen LogP contribution >= 0.6 is 35.7 Å². The highest BCUT2D eigenvalue weighted by molar-refractivity contribution is 8.47. The molecule has 154 valence electrons. The van der Waals surface area contributed by atoms with E-state index < -0.39 is 29.2 Å². The second kappa shape index (κ2) is 10.7. The zero-order chi connectivity index (χ0) is 20.8. The van der Waals surface area contributed by atoms with Gasteiger partial charge in [-0.3, -0.25) is 14.4 Å². The van der Waals surface area contributed by atoms with Gasteiger partial charge in [0.25, 0.3) is 0 Å². The number of carbonyl (C=O) groups excluding carboxylic acids is 2. The van der Waals surface area contributed by atoms with E-state index in [1.54, 1.807) is 25.7 Å². The minimum atomic E-state index is -1.09. The number of esters is 1. The van der Waals surface area contributed by atoms with Gasteiger partial charge >= 0.3 is 11.9 Å². The van der Waals surface area contributed by atoms with Gasteiger partial charge in [-0.2, -0.15) is 0 Å². The van der Waals surface area contributed by atoms with Crippen LogP contribution in [0.25, 0.3) is 0 Å². The van der Waals surface area contributed by atoms with Gasteiger partial charge in [-0.25, -0.2) is 0 Å². The number of thioether (sulfide) groups is 2. The third-order valence-corrected chi connectivity index (χ3v) is 8.00. The second-order valence-electron chi connectivity index (χ2n) is 7.27. The van der Waals surface area contributed by atoms with Crippen molar-refractivity contribution in [1.82, 2.24) is 4.90 Å². The standard InChI is InChI=1S/C18H29NO5S3/c1-11(18(3,4)16(22)23)14(12(2)27-17(25)26-5)15(21)24-10-9-19-8-6-7-13(19)20/h11-12,14H,6-10H2,1-5H3,(H,22,23). The molecule has 3 unspecified atom stereocenters. The molecule has 1 saturated heterocycles. The van der Waals surface area contributed by atoms with E-state index in [9.17, 15) is 19.5 Å². The number of carboxylic acids is 1. The van der Waals surface area contributed by atoms with Gasteiger partial charge in [0.05, 0.1) is 17.9 Å². The number of likely N-dealkylation sites (tertiary alicyclic amines) is 1. The molecule has 1 amide bonds. The van der Waals surface area contributed by atoms with Crippen LogP contribution in [0.5, 0.6) is 0 Å². The van der Waals surface area contributed by atoms with Crippen LogP contribution in [0.15, 0.2) is 0 Å². The molecule has 0 aromatic heterocycles. The van der Waals surface area contributed by atoms with Gasteiger partial charge in [0, 0.05) is 18.2 Å². The Morgan fingerprint density at radius 1 is 1.37 bits per heavy atom. The highest BCUT2D eigenvalue weighted by Crippen LogP contribution is 2.39. The molecule has 27 heavy (non-hydrogen) atoms. The predicted octanol–water partition coefficient (Wildman–Crippen LogP) is 3.28. The van der Waals surface area contributed by atoms with Crippen molar-refractivity contribution in [1.29, 1.82) is 0 Å². The third kappa shape index (κ3) is 6.64. The van der Waals surface area contributed by atoms with E-state index in [-0.39, 0.29) is 17.8 Å². The van der Waals surface area contributed by atoms with Crippen molar-refractivity contribution in [3.05, 3.63) is 0 Å². The number of carboxylic acid groups (broad SMARTS) is 1. The molecule has 0 aliphatic carbocycles. The van der Waals surface area contributed by atoms with E-state index in [0.29, 0.717) is 23.0 Å². The minimum Gasteiger partial charge on any atom is -0.481 e. The maximum Gasteiger partial charge on any atom is 0.310 e. The Balaban J connectivity index is 2.84. The number of carbonyl (C=O) groups is 3. The topological polar surface area (TPSA) is 83.9 Å². The van der Waals surface area contributed by atoms with Crippen LogP contribution in [-0.4, -0.2) is 62.6 Å². The van der Waals surface area contributed by atoms with Crippen molar-refractivity contribution in [3.63, 3.8) is 0 Å². The Hall–Kier alpha value is -0.800. The fourth-order valence-corrected chi connectivity index (χ4v) is 5.10. The fraction of sp³-hybridized carbons (Fsp3) is 0.778. The van der Waals surface area contributed by atoms with Gasteiger partial charge in [-0.15, -0.1) is 23.5 Å². The Morgan fingerprint density at radius 3 is 2.48 bits per heavy atom. The van der Waals surface area contributed by atoms with Crippen molar-refractivity contribution in [2.75, 3.05) is 26.0 Å². The molecular weight excluding hydrogens is 406 g/mol. The molecule has 0 saturated carbocycles. The molecule has 9 heteroatoms. The smallest absolute Gasteiger partial charge is 0.310 e. The average Bonchev–Trinajstić information content (AvgIpc) is 2.99. The number of hydrogen-bond acceptors (Lipinski definition) is 7. The summed E-state index contributed by atoms with van der Waals surface area (Å²) in [4.78, 5) is 37.9. The number of thiocarbonyl (C=S) groups is 1. The number of aliphatic carboxylic acids is 1. The average molecular weight is 436 g/mol. The van der Waals surface area contributed by atoms with E-state index in [4.69, 9.17) is 17.0 Å². The lowest BCUT2D eigenvalue weighted by molar-refractivity contribution is -0.158. The van der Waals surface area contributed by atoms with E-state index >= 15 is 0 Å². The first-order valence-electron chi connectivity index (χ1n) is 8.94. The molecule has 1 N–H and O–H groups in total. The van der Waals surface area contributed by atoms with E-state index in [1.807, 2.05) is 13.2 Å². The summed E-state index contributed by atoms with van der Waals surface area (Å²) in [6.07, 6.45) is 3.24. The summed E-state index contributed by atoms with van der Waals surface area (Å²) in [6.45, 7) is 8.06. The third-order valence-electron chi connectivity index (χ3n) is 5.23. The molecule has 0 radical (unpaired) electrons. The number of ether oxygens (including phenoxy) is 1. The largest absolute Gasteiger partial charge is 0.481 e. The Morgan fingerprint density at radius 2 is 2.00 bits per heavy atom. The van der Waals surface area contributed by atoms with E-state index in [2.05, 4.69) is 0 Å². The first kappa shape index (κ1) is 24.2. The molecule has 1 aliphatic heterocycles. The molecule has 0 aromatic rings. The quantitative estimate of drug-likeness (QED) is 0.436. The zero-order valence-electron chi connectivity index (χ0n) is 16.5. The summed E-state index contributed by atoms with van der Waals surface area (Å²) in [7, 11) is 0. The zero-order valence-corrected chi connectivity index (χ0v) is 19.0. The first-order chi connectivity index (χ1) is 12.5. The maximum atomic E-state index is 12.8. The van der Waals surface area contributed by atoms with Crippen molar-refractivity contribution in [2.24, 2.45) is 17.3 Å². The summed E-state index contributed by atoms with van der Waals surface area (Å²) in [6, 6.07) is 0. The highest BCUT2D eigenvalue weighted by atomic mass is 32.2. The Labute approximate surface area is 175 Å². The van der Waals surface area contributed by atoms with Crippen LogP contribution in [0.1, 0.15) is 40.5 Å². The summed E-state index contributed by atoms with van der Waals surface area (Å²) in [5.74, 6) is -2.40. The SMILES string of the molecule is CSC(=S)SC(C)C(C(=O)OCCN1CCCC1=O)C(C)C(C)(C)C(=O)O. The number of nitrogens with zero attached hydrogens (tertiary/aromatic N) is 1. The van der Waals surface area contributed by atoms with Crippen molar-refractivity contribution in [2.45, 2.75) is 45.8 Å². The molecule has 1 fully saturated rings. The number of rotatable bonds is 9. The molecule has 1 rings (SSSR count). The predicted molar refractivity (Wildman–Crippen MR) is 114 cm³/mol. The van der Waals surface area contributed by atoms with Crippen LogP contribution in [0.2, 0.25) is 0 Å². The molecule has 1 heterocycles. The van der Waals surface area contributed by atoms with Crippen molar-refractivity contribution in [3.8, 4) is 0 Å². The first-order valence-corrected chi connectivity index (χ1v) is 11.5. The van der Waals surface area contributed by atoms with Crippen LogP contribution in [0.3, 0.4) is 0 Å². The maximum absolute atomic E-state index is 12.8. The Bertz CT molecular complexity index is 581.